The smallest absolute Gasteiger partial charge is 0.404 e. The Labute approximate surface area is 233 Å². The lowest BCUT2D eigenvalue weighted by Crippen LogP contribution is -2.41. The summed E-state index contributed by atoms with van der Waals surface area (Å²) in [7, 11) is 0. The van der Waals surface area contributed by atoms with Gasteiger partial charge in [-0.25, -0.2) is 9.59 Å². The molecule has 5 N–H and O–H groups in total. The van der Waals surface area contributed by atoms with Crippen LogP contribution in [0.1, 0.15) is 79.6 Å². The number of ether oxygens (including phenoxy) is 1. The van der Waals surface area contributed by atoms with Crippen molar-refractivity contribution in [2.75, 3.05) is 6.54 Å². The van der Waals surface area contributed by atoms with Crippen LogP contribution in [0.15, 0.2) is 48.1 Å². The van der Waals surface area contributed by atoms with Gasteiger partial charge < -0.3 is 26.0 Å². The van der Waals surface area contributed by atoms with Crippen molar-refractivity contribution < 1.29 is 34.1 Å². The van der Waals surface area contributed by atoms with Gasteiger partial charge in [0, 0.05) is 25.5 Å². The van der Waals surface area contributed by atoms with Gasteiger partial charge in [-0.05, 0) is 57.8 Å². The highest BCUT2D eigenvalue weighted by Gasteiger charge is 2.23. The molecule has 0 aliphatic carbocycles. The van der Waals surface area contributed by atoms with Gasteiger partial charge in [-0.1, -0.05) is 62.8 Å². The average Bonchev–Trinajstić information content (AvgIpc) is 2.79. The molecule has 0 rings (SSSR count). The number of hydrogen-bond donors (Lipinski definition) is 4. The van der Waals surface area contributed by atoms with Crippen LogP contribution < -0.4 is 11.1 Å². The molecule has 0 heterocycles. The van der Waals surface area contributed by atoms with Crippen LogP contribution in [0.25, 0.3) is 0 Å². The van der Waals surface area contributed by atoms with Crippen molar-refractivity contribution in [3.8, 4) is 0 Å². The first-order valence-electron chi connectivity index (χ1n) is 13.5. The Morgan fingerprint density at radius 1 is 0.974 bits per heavy atom. The van der Waals surface area contributed by atoms with Crippen LogP contribution in [0, 0.1) is 17.8 Å². The summed E-state index contributed by atoms with van der Waals surface area (Å²) in [5.41, 5.74) is 6.96. The van der Waals surface area contributed by atoms with Gasteiger partial charge in [0.15, 0.2) is 0 Å². The molecule has 0 saturated heterocycles. The molecule has 0 bridgehead atoms. The summed E-state index contributed by atoms with van der Waals surface area (Å²) in [4.78, 5) is 45.9. The molecule has 0 aromatic rings. The lowest BCUT2D eigenvalue weighted by Gasteiger charge is -2.20. The minimum Gasteiger partial charge on any atom is -0.478 e. The number of carbonyl (C=O) groups is 4. The predicted molar refractivity (Wildman–Crippen MR) is 153 cm³/mol. The van der Waals surface area contributed by atoms with Crippen molar-refractivity contribution in [3.05, 3.63) is 48.1 Å². The Morgan fingerprint density at radius 3 is 2.23 bits per heavy atom. The molecular weight excluding hydrogens is 500 g/mol. The molecule has 0 aromatic heterocycles. The van der Waals surface area contributed by atoms with E-state index in [1.54, 1.807) is 13.8 Å². The number of aliphatic hydroxyl groups excluding tert-OH is 1. The van der Waals surface area contributed by atoms with E-state index in [2.05, 4.69) is 24.9 Å². The van der Waals surface area contributed by atoms with Crippen LogP contribution >= 0.6 is 0 Å². The number of aliphatic hydroxyl groups is 1. The third-order valence-electron chi connectivity index (χ3n) is 6.23. The average molecular weight is 549 g/mol. The zero-order valence-electron chi connectivity index (χ0n) is 24.2. The lowest BCUT2D eigenvalue weighted by atomic mass is 9.93. The fourth-order valence-electron chi connectivity index (χ4n) is 4.11. The molecule has 0 saturated carbocycles. The number of ketones is 1. The molecule has 0 spiro atoms. The van der Waals surface area contributed by atoms with Crippen LogP contribution in [-0.2, 0) is 19.1 Å². The van der Waals surface area contributed by atoms with Crippen LogP contribution in [0.5, 0.6) is 0 Å². The number of hydrogen-bond acceptors (Lipinski definition) is 6. The summed E-state index contributed by atoms with van der Waals surface area (Å²) >= 11 is 0. The number of amides is 2. The van der Waals surface area contributed by atoms with Crippen molar-refractivity contribution in [1.82, 2.24) is 5.32 Å². The van der Waals surface area contributed by atoms with Crippen LogP contribution in [0.2, 0.25) is 0 Å². The second-order valence-corrected chi connectivity index (χ2v) is 10.6. The van der Waals surface area contributed by atoms with Gasteiger partial charge >= 0.3 is 12.1 Å². The third kappa shape index (κ3) is 19.5. The normalized spacial score (nSPS) is 15.9. The number of carboxylic acids is 1. The lowest BCUT2D eigenvalue weighted by molar-refractivity contribution is -0.131. The first-order valence-corrected chi connectivity index (χ1v) is 13.5. The highest BCUT2D eigenvalue weighted by Crippen LogP contribution is 2.21. The zero-order chi connectivity index (χ0) is 30.0. The van der Waals surface area contributed by atoms with E-state index in [4.69, 9.17) is 15.6 Å². The van der Waals surface area contributed by atoms with Crippen LogP contribution in [0.3, 0.4) is 0 Å². The SMILES string of the molecule is C=C(CC/C=C/C=C/CC(C)CC(=O)CC(O)CNC(=O)C(C)C(C)OC(N)=O)CC(C)C/C(C)=C/C(=O)O. The van der Waals surface area contributed by atoms with Crippen molar-refractivity contribution in [1.29, 1.82) is 0 Å². The van der Waals surface area contributed by atoms with E-state index in [1.807, 2.05) is 32.1 Å². The maximum atomic E-state index is 12.3. The molecule has 5 atom stereocenters. The summed E-state index contributed by atoms with van der Waals surface area (Å²) in [5.74, 6) is -1.56. The van der Waals surface area contributed by atoms with E-state index in [-0.39, 0.29) is 24.7 Å². The van der Waals surface area contributed by atoms with Crippen molar-refractivity contribution in [3.63, 3.8) is 0 Å². The fraction of sp³-hybridized carbons (Fsp3) is 0.600. The molecular formula is C30H48N2O7. The summed E-state index contributed by atoms with van der Waals surface area (Å²) in [6.07, 6.45) is 11.0. The molecule has 9 nitrogen and oxygen atoms in total. The first-order chi connectivity index (χ1) is 18.2. The Bertz CT molecular complexity index is 907. The monoisotopic (exact) mass is 548 g/mol. The third-order valence-corrected chi connectivity index (χ3v) is 6.23. The molecule has 2 amide bonds. The summed E-state index contributed by atoms with van der Waals surface area (Å²) in [5, 5.41) is 21.5. The molecule has 0 radical (unpaired) electrons. The second kappa shape index (κ2) is 19.8. The minimum atomic E-state index is -0.991. The Balaban J connectivity index is 4.18. The maximum absolute atomic E-state index is 12.3. The number of nitrogens with two attached hydrogens (primary N) is 1. The van der Waals surface area contributed by atoms with Crippen molar-refractivity contribution in [2.45, 2.75) is 91.8 Å². The number of carbonyl (C=O) groups excluding carboxylic acids is 3. The molecule has 0 fully saturated rings. The predicted octanol–water partition coefficient (Wildman–Crippen LogP) is 4.85. The fourth-order valence-corrected chi connectivity index (χ4v) is 4.11. The van der Waals surface area contributed by atoms with E-state index in [0.717, 1.165) is 43.3 Å². The topological polar surface area (TPSA) is 156 Å². The molecule has 0 aromatic carbocycles. The van der Waals surface area contributed by atoms with Gasteiger partial charge in [0.05, 0.1) is 12.0 Å². The van der Waals surface area contributed by atoms with E-state index < -0.39 is 36.1 Å². The number of primary amides is 1. The Morgan fingerprint density at radius 2 is 1.62 bits per heavy atom. The summed E-state index contributed by atoms with van der Waals surface area (Å²) in [6, 6.07) is 0. The summed E-state index contributed by atoms with van der Waals surface area (Å²) < 4.78 is 4.78. The number of carboxylic acid groups (broad SMARTS) is 1. The van der Waals surface area contributed by atoms with Gasteiger partial charge in [-0.2, -0.15) is 0 Å². The van der Waals surface area contributed by atoms with Crippen LogP contribution in [0.4, 0.5) is 4.79 Å². The van der Waals surface area contributed by atoms with E-state index >= 15 is 0 Å². The molecule has 39 heavy (non-hydrogen) atoms. The number of Topliss-reactive ketones (excluding diaryl/α,β-unsaturated/α-hetero) is 1. The van der Waals surface area contributed by atoms with E-state index in [1.165, 1.54) is 6.08 Å². The standard InChI is InChI=1S/C30H48N2O7/c1-20(14-22(3)15-23(4)17-28(35)36)12-10-8-7-9-11-13-21(2)16-26(33)18-27(34)19-32-29(37)24(5)25(6)39-30(31)38/h7-9,11,17,21-22,24-25,27,34H,1,10,12-16,18-19H2,2-6H3,(H2,31,38)(H,32,37)(H,35,36)/b8-7+,11-9+,23-17+. The first kappa shape index (κ1) is 35.8. The number of nitrogens with one attached hydrogen (secondary N) is 1. The Hall–Kier alpha value is -3.20. The van der Waals surface area contributed by atoms with Gasteiger partial charge in [0.2, 0.25) is 5.91 Å². The van der Waals surface area contributed by atoms with Gasteiger partial charge in [0.25, 0.3) is 0 Å². The highest BCUT2D eigenvalue weighted by atomic mass is 16.6. The van der Waals surface area contributed by atoms with Gasteiger partial charge in [-0.3, -0.25) is 9.59 Å². The Kier molecular flexibility index (Phi) is 18.2. The molecule has 0 aliphatic rings. The van der Waals surface area contributed by atoms with E-state index in [9.17, 15) is 24.3 Å². The quantitative estimate of drug-likeness (QED) is 0.0962. The molecule has 0 aliphatic heterocycles. The number of allylic oxidation sites excluding steroid dienone is 6. The number of rotatable bonds is 20. The zero-order valence-corrected chi connectivity index (χ0v) is 24.2. The second-order valence-electron chi connectivity index (χ2n) is 10.6. The largest absolute Gasteiger partial charge is 0.478 e. The van der Waals surface area contributed by atoms with Gasteiger partial charge in [-0.15, -0.1) is 0 Å². The highest BCUT2D eigenvalue weighted by molar-refractivity contribution is 5.81. The maximum Gasteiger partial charge on any atom is 0.404 e. The number of aliphatic carboxylic acids is 1. The molecule has 9 heteroatoms. The molecule has 220 valence electrons. The van der Waals surface area contributed by atoms with Crippen molar-refractivity contribution >= 4 is 23.8 Å². The minimum absolute atomic E-state index is 0.0477. The van der Waals surface area contributed by atoms with Crippen LogP contribution in [-0.4, -0.2) is 52.7 Å². The van der Waals surface area contributed by atoms with Crippen molar-refractivity contribution in [2.24, 2.45) is 23.5 Å². The molecule has 5 unspecified atom stereocenters. The van der Waals surface area contributed by atoms with E-state index in [0.29, 0.717) is 12.3 Å². The van der Waals surface area contributed by atoms with Gasteiger partial charge in [0.1, 0.15) is 11.9 Å². The summed E-state index contributed by atoms with van der Waals surface area (Å²) in [6.45, 7) is 13.1.